The Morgan fingerprint density at radius 3 is 2.52 bits per heavy atom. The van der Waals surface area contributed by atoms with Crippen LogP contribution in [-0.4, -0.2) is 46.9 Å². The third-order valence-corrected chi connectivity index (χ3v) is 6.21. The number of thiophene rings is 1. The molecule has 3 aromatic rings. The molecule has 1 aliphatic heterocycles. The van der Waals surface area contributed by atoms with Crippen molar-refractivity contribution >= 4 is 38.9 Å². The molecular formula is C19H18ClN3OS. The molecule has 25 heavy (non-hydrogen) atoms. The molecule has 0 bridgehead atoms. The standard InChI is InChI=1S/C19H18ClN3OS/c20-17-15-3-1-2-4-16(15)25-18(17)19(24)23-11-9-22(10-12-23)13-14-5-7-21-8-6-14/h1-8H,9-13H2. The smallest absolute Gasteiger partial charge is 0.265 e. The number of aromatic nitrogens is 1. The molecular weight excluding hydrogens is 354 g/mol. The highest BCUT2D eigenvalue weighted by Gasteiger charge is 2.25. The summed E-state index contributed by atoms with van der Waals surface area (Å²) in [6.07, 6.45) is 3.64. The largest absolute Gasteiger partial charge is 0.335 e. The highest BCUT2D eigenvalue weighted by atomic mass is 35.5. The SMILES string of the molecule is O=C(c1sc2ccccc2c1Cl)N1CCN(Cc2ccncc2)CC1. The fraction of sp³-hybridized carbons (Fsp3) is 0.263. The van der Waals surface area contributed by atoms with Gasteiger partial charge in [0.15, 0.2) is 0 Å². The van der Waals surface area contributed by atoms with E-state index in [2.05, 4.69) is 9.88 Å². The van der Waals surface area contributed by atoms with Gasteiger partial charge in [-0.1, -0.05) is 29.8 Å². The number of hydrogen-bond acceptors (Lipinski definition) is 4. The number of fused-ring (bicyclic) bond motifs is 1. The second-order valence-electron chi connectivity index (χ2n) is 6.17. The van der Waals surface area contributed by atoms with Crippen molar-refractivity contribution in [2.24, 2.45) is 0 Å². The van der Waals surface area contributed by atoms with Crippen molar-refractivity contribution in [1.29, 1.82) is 0 Å². The number of benzene rings is 1. The fourth-order valence-corrected chi connectivity index (χ4v) is 4.63. The van der Waals surface area contributed by atoms with E-state index in [1.54, 1.807) is 0 Å². The first-order valence-corrected chi connectivity index (χ1v) is 9.49. The van der Waals surface area contributed by atoms with Crippen LogP contribution in [0.4, 0.5) is 0 Å². The third-order valence-electron chi connectivity index (χ3n) is 4.54. The lowest BCUT2D eigenvalue weighted by molar-refractivity contribution is 0.0633. The van der Waals surface area contributed by atoms with Crippen LogP contribution in [-0.2, 0) is 6.54 Å². The minimum absolute atomic E-state index is 0.0507. The Hall–Kier alpha value is -1.95. The van der Waals surface area contributed by atoms with E-state index in [-0.39, 0.29) is 5.91 Å². The van der Waals surface area contributed by atoms with Gasteiger partial charge in [-0.05, 0) is 23.8 Å². The van der Waals surface area contributed by atoms with Crippen molar-refractivity contribution < 1.29 is 4.79 Å². The van der Waals surface area contributed by atoms with Crippen molar-refractivity contribution in [3.8, 4) is 0 Å². The van der Waals surface area contributed by atoms with Gasteiger partial charge in [0.05, 0.1) is 5.02 Å². The van der Waals surface area contributed by atoms with Gasteiger partial charge < -0.3 is 4.90 Å². The summed E-state index contributed by atoms with van der Waals surface area (Å²) in [5, 5.41) is 1.55. The fourth-order valence-electron chi connectivity index (χ4n) is 3.15. The predicted molar refractivity (Wildman–Crippen MR) is 102 cm³/mol. The summed E-state index contributed by atoms with van der Waals surface area (Å²) >= 11 is 7.94. The Balaban J connectivity index is 1.43. The monoisotopic (exact) mass is 371 g/mol. The molecule has 2 aromatic heterocycles. The number of carbonyl (C=O) groups excluding carboxylic acids is 1. The van der Waals surface area contributed by atoms with Crippen LogP contribution in [0.25, 0.3) is 10.1 Å². The van der Waals surface area contributed by atoms with Crippen LogP contribution < -0.4 is 0 Å². The lowest BCUT2D eigenvalue weighted by Crippen LogP contribution is -2.48. The van der Waals surface area contributed by atoms with Crippen LogP contribution >= 0.6 is 22.9 Å². The van der Waals surface area contributed by atoms with Crippen LogP contribution in [0.1, 0.15) is 15.2 Å². The van der Waals surface area contributed by atoms with Gasteiger partial charge in [0.25, 0.3) is 5.91 Å². The molecule has 0 unspecified atom stereocenters. The molecule has 1 saturated heterocycles. The lowest BCUT2D eigenvalue weighted by atomic mass is 10.2. The highest BCUT2D eigenvalue weighted by Crippen LogP contribution is 2.36. The maximum absolute atomic E-state index is 12.9. The van der Waals surface area contributed by atoms with E-state index in [0.717, 1.165) is 42.8 Å². The summed E-state index contributed by atoms with van der Waals surface area (Å²) in [4.78, 5) is 21.9. The zero-order valence-electron chi connectivity index (χ0n) is 13.7. The van der Waals surface area contributed by atoms with E-state index in [9.17, 15) is 4.79 Å². The van der Waals surface area contributed by atoms with Crippen LogP contribution in [0.15, 0.2) is 48.8 Å². The molecule has 3 heterocycles. The van der Waals surface area contributed by atoms with Crippen molar-refractivity contribution in [3.05, 3.63) is 64.3 Å². The Morgan fingerprint density at radius 1 is 1.08 bits per heavy atom. The zero-order valence-corrected chi connectivity index (χ0v) is 15.3. The Bertz CT molecular complexity index is 888. The van der Waals surface area contributed by atoms with E-state index < -0.39 is 0 Å². The molecule has 1 aromatic carbocycles. The maximum atomic E-state index is 12.9. The molecule has 1 amide bonds. The Morgan fingerprint density at radius 2 is 1.80 bits per heavy atom. The molecule has 4 nitrogen and oxygen atoms in total. The number of amides is 1. The van der Waals surface area contributed by atoms with E-state index in [4.69, 9.17) is 11.6 Å². The third kappa shape index (κ3) is 3.40. The van der Waals surface area contributed by atoms with Gasteiger partial charge in [0.2, 0.25) is 0 Å². The van der Waals surface area contributed by atoms with E-state index >= 15 is 0 Å². The molecule has 1 aliphatic rings. The van der Waals surface area contributed by atoms with Crippen molar-refractivity contribution in [3.63, 3.8) is 0 Å². The minimum atomic E-state index is 0.0507. The van der Waals surface area contributed by atoms with E-state index in [1.807, 2.05) is 53.7 Å². The number of pyridine rings is 1. The molecule has 6 heteroatoms. The quantitative estimate of drug-likeness (QED) is 0.700. The van der Waals surface area contributed by atoms with Crippen LogP contribution in [0, 0.1) is 0 Å². The number of rotatable bonds is 3. The zero-order chi connectivity index (χ0) is 17.2. The van der Waals surface area contributed by atoms with E-state index in [1.165, 1.54) is 16.9 Å². The first-order chi connectivity index (χ1) is 12.2. The van der Waals surface area contributed by atoms with Gasteiger partial charge in [0.1, 0.15) is 4.88 Å². The topological polar surface area (TPSA) is 36.4 Å². The summed E-state index contributed by atoms with van der Waals surface area (Å²) in [6, 6.07) is 12.0. The normalized spacial score (nSPS) is 15.6. The molecule has 0 N–H and O–H groups in total. The van der Waals surface area contributed by atoms with Gasteiger partial charge in [-0.25, -0.2) is 0 Å². The Labute approximate surface area is 155 Å². The van der Waals surface area contributed by atoms with Crippen LogP contribution in [0.5, 0.6) is 0 Å². The number of halogens is 1. The molecule has 128 valence electrons. The van der Waals surface area contributed by atoms with Crippen LogP contribution in [0.2, 0.25) is 5.02 Å². The first kappa shape index (κ1) is 16.5. The number of nitrogens with zero attached hydrogens (tertiary/aromatic N) is 3. The second-order valence-corrected chi connectivity index (χ2v) is 7.60. The number of piperazine rings is 1. The summed E-state index contributed by atoms with van der Waals surface area (Å²) < 4.78 is 1.06. The van der Waals surface area contributed by atoms with Gasteiger partial charge in [-0.15, -0.1) is 11.3 Å². The Kier molecular flexibility index (Phi) is 4.70. The summed E-state index contributed by atoms with van der Waals surface area (Å²) in [7, 11) is 0. The van der Waals surface area contributed by atoms with Gasteiger partial charge in [-0.2, -0.15) is 0 Å². The second kappa shape index (κ2) is 7.12. The molecule has 4 rings (SSSR count). The average molecular weight is 372 g/mol. The van der Waals surface area contributed by atoms with E-state index in [0.29, 0.717) is 9.90 Å². The van der Waals surface area contributed by atoms with Crippen LogP contribution in [0.3, 0.4) is 0 Å². The van der Waals surface area contributed by atoms with Gasteiger partial charge >= 0.3 is 0 Å². The maximum Gasteiger partial charge on any atom is 0.265 e. The van der Waals surface area contributed by atoms with Crippen molar-refractivity contribution in [2.45, 2.75) is 6.54 Å². The molecule has 0 atom stereocenters. The molecule has 0 aliphatic carbocycles. The summed E-state index contributed by atoms with van der Waals surface area (Å²) in [5.41, 5.74) is 1.25. The molecule has 0 saturated carbocycles. The predicted octanol–water partition coefficient (Wildman–Crippen LogP) is 3.91. The lowest BCUT2D eigenvalue weighted by Gasteiger charge is -2.34. The first-order valence-electron chi connectivity index (χ1n) is 8.30. The number of hydrogen-bond donors (Lipinski definition) is 0. The highest BCUT2D eigenvalue weighted by molar-refractivity contribution is 7.21. The van der Waals surface area contributed by atoms with Gasteiger partial charge in [0, 0.05) is 55.2 Å². The molecule has 0 spiro atoms. The van der Waals surface area contributed by atoms with Gasteiger partial charge in [-0.3, -0.25) is 14.7 Å². The average Bonchev–Trinajstić information content (AvgIpc) is 3.00. The summed E-state index contributed by atoms with van der Waals surface area (Å²) in [5.74, 6) is 0.0507. The van der Waals surface area contributed by atoms with Crippen molar-refractivity contribution in [2.75, 3.05) is 26.2 Å². The number of carbonyl (C=O) groups is 1. The van der Waals surface area contributed by atoms with Crippen molar-refractivity contribution in [1.82, 2.24) is 14.8 Å². The molecule has 1 fully saturated rings. The molecule has 0 radical (unpaired) electrons. The summed E-state index contributed by atoms with van der Waals surface area (Å²) in [6.45, 7) is 4.10. The minimum Gasteiger partial charge on any atom is -0.335 e.